The summed E-state index contributed by atoms with van der Waals surface area (Å²) in [5, 5.41) is 16.6. The molecule has 0 aliphatic carbocycles. The fraction of sp³-hybridized carbons (Fsp3) is 0.467. The van der Waals surface area contributed by atoms with Gasteiger partial charge >= 0.3 is 0 Å². The van der Waals surface area contributed by atoms with Crippen molar-refractivity contribution in [2.24, 2.45) is 0 Å². The number of likely N-dealkylation sites (N-methyl/N-ethyl adjacent to an activating group) is 1. The van der Waals surface area contributed by atoms with Crippen molar-refractivity contribution in [2.45, 2.75) is 38.3 Å². The molecule has 2 saturated heterocycles. The second kappa shape index (κ2) is 12.7. The normalized spacial score (nSPS) is 17.4. The van der Waals surface area contributed by atoms with E-state index in [1.807, 2.05) is 6.07 Å². The van der Waals surface area contributed by atoms with Gasteiger partial charge in [0.05, 0.1) is 28.6 Å². The van der Waals surface area contributed by atoms with E-state index in [4.69, 9.17) is 4.74 Å². The van der Waals surface area contributed by atoms with Gasteiger partial charge in [-0.1, -0.05) is 6.07 Å². The van der Waals surface area contributed by atoms with Gasteiger partial charge in [0.15, 0.2) is 11.6 Å². The van der Waals surface area contributed by atoms with Crippen molar-refractivity contribution in [3.8, 4) is 5.75 Å². The Morgan fingerprint density at radius 3 is 2.38 bits per heavy atom. The predicted molar refractivity (Wildman–Crippen MR) is 165 cm³/mol. The molecule has 0 bridgehead atoms. The van der Waals surface area contributed by atoms with Crippen LogP contribution in [0.3, 0.4) is 0 Å². The molecule has 12 heteroatoms. The molecule has 0 amide bonds. The maximum atomic E-state index is 15.8. The van der Waals surface area contributed by atoms with Gasteiger partial charge in [-0.15, -0.1) is 0 Å². The smallest absolute Gasteiger partial charge is 0.229 e. The van der Waals surface area contributed by atoms with E-state index in [9.17, 15) is 9.50 Å². The van der Waals surface area contributed by atoms with Gasteiger partial charge < -0.3 is 30.3 Å². The van der Waals surface area contributed by atoms with Gasteiger partial charge in [0.25, 0.3) is 0 Å². The van der Waals surface area contributed by atoms with Crippen LogP contribution >= 0.6 is 15.9 Å². The van der Waals surface area contributed by atoms with Gasteiger partial charge in [0, 0.05) is 62.8 Å². The predicted octanol–water partition coefficient (Wildman–Crippen LogP) is 5.46. The first kappa shape index (κ1) is 30.4. The number of halogens is 3. The summed E-state index contributed by atoms with van der Waals surface area (Å²) in [5.74, 6) is -0.388. The third-order valence-electron chi connectivity index (χ3n) is 8.02. The topological polar surface area (TPSA) is 89.0 Å². The Morgan fingerprint density at radius 2 is 1.71 bits per heavy atom. The van der Waals surface area contributed by atoms with Crippen LogP contribution in [0.5, 0.6) is 5.75 Å². The zero-order valence-corrected chi connectivity index (χ0v) is 26.0. The van der Waals surface area contributed by atoms with Crippen molar-refractivity contribution < 1.29 is 18.6 Å². The van der Waals surface area contributed by atoms with E-state index in [1.165, 1.54) is 31.5 Å². The Labute approximate surface area is 254 Å². The number of nitrogens with one attached hydrogen (secondary N) is 2. The Bertz CT molecular complexity index is 1410. The molecule has 0 spiro atoms. The number of ether oxygens (including phenoxy) is 1. The number of piperidine rings is 1. The SMILES string of the molecule is COc1c(N2CCC(N3CCN(C)CC3)CC2)ccc(Nc2ncc(Br)c(Nc3cc(F)ccc3C(C)(C)O)n2)c1F. The van der Waals surface area contributed by atoms with E-state index in [-0.39, 0.29) is 17.4 Å². The van der Waals surface area contributed by atoms with Gasteiger partial charge in [-0.2, -0.15) is 4.98 Å². The van der Waals surface area contributed by atoms with E-state index in [0.29, 0.717) is 27.6 Å². The van der Waals surface area contributed by atoms with E-state index < -0.39 is 17.2 Å². The summed E-state index contributed by atoms with van der Waals surface area (Å²) >= 11 is 3.41. The van der Waals surface area contributed by atoms with Gasteiger partial charge in [0.1, 0.15) is 11.6 Å². The van der Waals surface area contributed by atoms with Crippen LogP contribution in [0.15, 0.2) is 41.0 Å². The first-order valence-electron chi connectivity index (χ1n) is 14.2. The van der Waals surface area contributed by atoms with Crippen LogP contribution in [0.25, 0.3) is 0 Å². The molecule has 0 radical (unpaired) electrons. The summed E-state index contributed by atoms with van der Waals surface area (Å²) in [6.45, 7) is 9.27. The number of benzene rings is 2. The molecule has 1 aromatic heterocycles. The average Bonchev–Trinajstić information content (AvgIpc) is 2.95. The van der Waals surface area contributed by atoms with Gasteiger partial charge in [-0.3, -0.25) is 4.90 Å². The maximum Gasteiger partial charge on any atom is 0.229 e. The van der Waals surface area contributed by atoms with Crippen molar-refractivity contribution in [1.29, 1.82) is 0 Å². The first-order chi connectivity index (χ1) is 20.0. The van der Waals surface area contributed by atoms with Crippen LogP contribution < -0.4 is 20.3 Å². The monoisotopic (exact) mass is 645 g/mol. The second-order valence-electron chi connectivity index (χ2n) is 11.4. The third-order valence-corrected chi connectivity index (χ3v) is 8.60. The number of hydrogen-bond donors (Lipinski definition) is 3. The number of nitrogens with zero attached hydrogens (tertiary/aromatic N) is 5. The lowest BCUT2D eigenvalue weighted by molar-refractivity contribution is 0.0793. The molecule has 226 valence electrons. The third kappa shape index (κ3) is 6.77. The van der Waals surface area contributed by atoms with Crippen LogP contribution in [-0.4, -0.2) is 84.3 Å². The summed E-state index contributed by atoms with van der Waals surface area (Å²) in [6.07, 6.45) is 3.56. The fourth-order valence-electron chi connectivity index (χ4n) is 5.66. The average molecular weight is 647 g/mol. The van der Waals surface area contributed by atoms with Crippen molar-refractivity contribution in [2.75, 3.05) is 69.0 Å². The zero-order valence-electron chi connectivity index (χ0n) is 24.4. The van der Waals surface area contributed by atoms with Crippen LogP contribution in [0.1, 0.15) is 32.3 Å². The standard InChI is InChI=1S/C30H38BrF2N7O2/c1-30(2,41)21-6-5-19(32)17-24(21)35-28-22(31)18-34-29(37-28)36-23-7-8-25(27(42-4)26(23)33)40-11-9-20(10-12-40)39-15-13-38(3)14-16-39/h5-8,17-18,20,41H,9-16H2,1-4H3,(H2,34,35,36,37). The van der Waals surface area contributed by atoms with E-state index in [1.54, 1.807) is 19.9 Å². The van der Waals surface area contributed by atoms with Gasteiger partial charge in [-0.25, -0.2) is 13.8 Å². The van der Waals surface area contributed by atoms with Crippen molar-refractivity contribution in [3.63, 3.8) is 0 Å². The largest absolute Gasteiger partial charge is 0.492 e. The molecule has 3 N–H and O–H groups in total. The Balaban J connectivity index is 1.31. The Morgan fingerprint density at radius 1 is 1.00 bits per heavy atom. The van der Waals surface area contributed by atoms with Crippen LogP contribution in [-0.2, 0) is 5.60 Å². The molecule has 3 aromatic rings. The van der Waals surface area contributed by atoms with Gasteiger partial charge in [0.2, 0.25) is 5.95 Å². The molecular formula is C30H38BrF2N7O2. The molecule has 9 nitrogen and oxygen atoms in total. The molecule has 2 aromatic carbocycles. The number of rotatable bonds is 8. The highest BCUT2D eigenvalue weighted by Gasteiger charge is 2.29. The van der Waals surface area contributed by atoms with E-state index in [0.717, 1.165) is 57.8 Å². The molecular weight excluding hydrogens is 608 g/mol. The number of aliphatic hydroxyl groups is 1. The summed E-state index contributed by atoms with van der Waals surface area (Å²) in [7, 11) is 3.64. The van der Waals surface area contributed by atoms with Crippen LogP contribution in [0.4, 0.5) is 37.6 Å². The highest BCUT2D eigenvalue weighted by Crippen LogP contribution is 2.38. The minimum Gasteiger partial charge on any atom is -0.492 e. The Hall–Kier alpha value is -3.06. The molecule has 3 heterocycles. The molecule has 5 rings (SSSR count). The Kier molecular flexibility index (Phi) is 9.17. The van der Waals surface area contributed by atoms with Crippen molar-refractivity contribution in [3.05, 3.63) is 58.2 Å². The fourth-order valence-corrected chi connectivity index (χ4v) is 5.95. The van der Waals surface area contributed by atoms with E-state index >= 15 is 4.39 Å². The van der Waals surface area contributed by atoms with Gasteiger partial charge in [-0.05, 0) is 73.9 Å². The number of piperazine rings is 1. The highest BCUT2D eigenvalue weighted by molar-refractivity contribution is 9.10. The van der Waals surface area contributed by atoms with Crippen LogP contribution in [0.2, 0.25) is 0 Å². The van der Waals surface area contributed by atoms with Crippen LogP contribution in [0, 0.1) is 11.6 Å². The first-order valence-corrected chi connectivity index (χ1v) is 15.0. The number of anilines is 5. The quantitative estimate of drug-likeness (QED) is 0.296. The molecule has 42 heavy (non-hydrogen) atoms. The number of hydrogen-bond acceptors (Lipinski definition) is 9. The summed E-state index contributed by atoms with van der Waals surface area (Å²) in [5.41, 5.74) is 0.503. The minimum absolute atomic E-state index is 0.128. The lowest BCUT2D eigenvalue weighted by Gasteiger charge is -2.42. The highest BCUT2D eigenvalue weighted by atomic mass is 79.9. The summed E-state index contributed by atoms with van der Waals surface area (Å²) in [6, 6.07) is 8.17. The van der Waals surface area contributed by atoms with Crippen molar-refractivity contribution in [1.82, 2.24) is 19.8 Å². The molecule has 2 aliphatic heterocycles. The zero-order chi connectivity index (χ0) is 30.0. The number of methoxy groups -OCH3 is 1. The maximum absolute atomic E-state index is 15.8. The lowest BCUT2D eigenvalue weighted by Crippen LogP contribution is -2.52. The molecule has 2 fully saturated rings. The molecule has 0 saturated carbocycles. The van der Waals surface area contributed by atoms with Crippen molar-refractivity contribution >= 4 is 44.8 Å². The molecule has 0 unspecified atom stereocenters. The lowest BCUT2D eigenvalue weighted by atomic mass is 9.96. The molecule has 2 aliphatic rings. The number of aromatic nitrogens is 2. The second-order valence-corrected chi connectivity index (χ2v) is 12.3. The molecule has 0 atom stereocenters. The summed E-state index contributed by atoms with van der Waals surface area (Å²) in [4.78, 5) is 15.9. The summed E-state index contributed by atoms with van der Waals surface area (Å²) < 4.78 is 35.9. The van der Waals surface area contributed by atoms with E-state index in [2.05, 4.69) is 58.3 Å². The minimum atomic E-state index is -1.22.